The predicted molar refractivity (Wildman–Crippen MR) is 63.3 cm³/mol. The molecule has 0 radical (unpaired) electrons. The van der Waals surface area contributed by atoms with E-state index in [1.165, 1.54) is 11.5 Å². The Hall–Kier alpha value is -1.20. The van der Waals surface area contributed by atoms with Crippen LogP contribution in [0.5, 0.6) is 0 Å². The maximum absolute atomic E-state index is 6.14. The quantitative estimate of drug-likeness (QED) is 0.887. The Bertz CT molecular complexity index is 436. The Morgan fingerprint density at radius 1 is 1.50 bits per heavy atom. The van der Waals surface area contributed by atoms with Gasteiger partial charge in [-0.15, -0.1) is 5.10 Å². The fraction of sp³-hybridized carbons (Fsp3) is 0.455. The summed E-state index contributed by atoms with van der Waals surface area (Å²) in [6.07, 6.45) is 2.35. The molecule has 0 aliphatic carbocycles. The van der Waals surface area contributed by atoms with E-state index >= 15 is 0 Å². The molecular formula is C11H15N3OS. The van der Waals surface area contributed by atoms with E-state index in [0.717, 1.165) is 16.3 Å². The zero-order chi connectivity index (χ0) is 11.5. The lowest BCUT2D eigenvalue weighted by molar-refractivity contribution is 0.489. The average Bonchev–Trinajstić information content (AvgIpc) is 2.86. The van der Waals surface area contributed by atoms with Crippen LogP contribution in [0.3, 0.4) is 0 Å². The highest BCUT2D eigenvalue weighted by atomic mass is 32.1. The van der Waals surface area contributed by atoms with Crippen molar-refractivity contribution >= 4 is 11.5 Å². The molecule has 86 valence electrons. The summed E-state index contributed by atoms with van der Waals surface area (Å²) < 4.78 is 9.26. The molecule has 0 aromatic carbocycles. The number of nitrogens with zero attached hydrogens (tertiary/aromatic N) is 2. The van der Waals surface area contributed by atoms with E-state index < -0.39 is 0 Å². The number of hydrogen-bond donors (Lipinski definition) is 1. The first-order chi connectivity index (χ1) is 7.68. The molecule has 0 amide bonds. The largest absolute Gasteiger partial charge is 0.469 e. The minimum absolute atomic E-state index is 0.0800. The van der Waals surface area contributed by atoms with Crippen LogP contribution >= 0.6 is 11.5 Å². The lowest BCUT2D eigenvalue weighted by atomic mass is 10.0. The third kappa shape index (κ3) is 2.31. The highest BCUT2D eigenvalue weighted by Gasteiger charge is 2.19. The zero-order valence-electron chi connectivity index (χ0n) is 9.38. The number of nitrogens with two attached hydrogens (primary N) is 1. The molecule has 1 atom stereocenters. The maximum atomic E-state index is 6.14. The third-order valence-corrected chi connectivity index (χ3v) is 3.30. The summed E-state index contributed by atoms with van der Waals surface area (Å²) in [6.45, 7) is 4.19. The Kier molecular flexibility index (Phi) is 3.36. The molecule has 0 saturated heterocycles. The molecule has 5 heteroatoms. The summed E-state index contributed by atoms with van der Waals surface area (Å²) in [4.78, 5) is 1.06. The topological polar surface area (TPSA) is 64.9 Å². The van der Waals surface area contributed by atoms with Gasteiger partial charge in [0.1, 0.15) is 5.76 Å². The second-order valence-electron chi connectivity index (χ2n) is 4.07. The van der Waals surface area contributed by atoms with Gasteiger partial charge in [-0.25, -0.2) is 0 Å². The summed E-state index contributed by atoms with van der Waals surface area (Å²) in [5.74, 6) is 1.26. The standard InChI is InChI=1S/C11H15N3OS/c1-7(2)10-11(16-14-13-10)9(12)6-8-4-3-5-15-8/h3-5,7,9H,6,12H2,1-2H3. The van der Waals surface area contributed by atoms with Crippen LogP contribution in [0.15, 0.2) is 22.8 Å². The number of aromatic nitrogens is 2. The van der Waals surface area contributed by atoms with Gasteiger partial charge in [-0.3, -0.25) is 0 Å². The van der Waals surface area contributed by atoms with Gasteiger partial charge in [0.25, 0.3) is 0 Å². The molecule has 4 nitrogen and oxygen atoms in total. The second-order valence-corrected chi connectivity index (χ2v) is 4.85. The monoisotopic (exact) mass is 237 g/mol. The van der Waals surface area contributed by atoms with E-state index in [-0.39, 0.29) is 6.04 Å². The first-order valence-electron chi connectivity index (χ1n) is 5.28. The first-order valence-corrected chi connectivity index (χ1v) is 6.06. The molecule has 2 heterocycles. The lowest BCUT2D eigenvalue weighted by Gasteiger charge is -2.10. The first kappa shape index (κ1) is 11.3. The number of furan rings is 1. The van der Waals surface area contributed by atoms with Gasteiger partial charge >= 0.3 is 0 Å². The van der Waals surface area contributed by atoms with Gasteiger partial charge in [0.2, 0.25) is 0 Å². The molecule has 2 N–H and O–H groups in total. The fourth-order valence-electron chi connectivity index (χ4n) is 1.60. The van der Waals surface area contributed by atoms with E-state index in [0.29, 0.717) is 12.3 Å². The van der Waals surface area contributed by atoms with E-state index in [1.54, 1.807) is 6.26 Å². The summed E-state index contributed by atoms with van der Waals surface area (Å²) in [7, 11) is 0. The number of hydrogen-bond acceptors (Lipinski definition) is 5. The Balaban J connectivity index is 2.14. The normalized spacial score (nSPS) is 13.2. The van der Waals surface area contributed by atoms with Crippen molar-refractivity contribution in [1.29, 1.82) is 0 Å². The van der Waals surface area contributed by atoms with Crippen LogP contribution in [-0.2, 0) is 6.42 Å². The second kappa shape index (κ2) is 4.76. The van der Waals surface area contributed by atoms with Gasteiger partial charge in [0.15, 0.2) is 0 Å². The Labute approximate surface area is 98.6 Å². The fourth-order valence-corrected chi connectivity index (χ4v) is 2.41. The van der Waals surface area contributed by atoms with Gasteiger partial charge in [0, 0.05) is 12.5 Å². The number of rotatable bonds is 4. The Morgan fingerprint density at radius 3 is 2.94 bits per heavy atom. The minimum atomic E-state index is -0.0800. The van der Waals surface area contributed by atoms with Crippen molar-refractivity contribution in [1.82, 2.24) is 9.59 Å². The summed E-state index contributed by atoms with van der Waals surface area (Å²) >= 11 is 1.38. The van der Waals surface area contributed by atoms with Crippen LogP contribution in [0, 0.1) is 0 Å². The van der Waals surface area contributed by atoms with E-state index in [1.807, 2.05) is 12.1 Å². The van der Waals surface area contributed by atoms with Crippen LogP contribution < -0.4 is 5.73 Å². The zero-order valence-corrected chi connectivity index (χ0v) is 10.2. The van der Waals surface area contributed by atoms with Crippen LogP contribution in [-0.4, -0.2) is 9.59 Å². The summed E-state index contributed by atoms with van der Waals surface area (Å²) in [6, 6.07) is 3.73. The smallest absolute Gasteiger partial charge is 0.105 e. The van der Waals surface area contributed by atoms with E-state index in [2.05, 4.69) is 23.4 Å². The minimum Gasteiger partial charge on any atom is -0.469 e. The summed E-state index contributed by atoms with van der Waals surface area (Å²) in [5, 5.41) is 4.12. The molecule has 2 rings (SSSR count). The van der Waals surface area contributed by atoms with Crippen LogP contribution in [0.2, 0.25) is 0 Å². The third-order valence-electron chi connectivity index (χ3n) is 2.43. The molecule has 0 aliphatic rings. The van der Waals surface area contributed by atoms with E-state index in [4.69, 9.17) is 10.2 Å². The van der Waals surface area contributed by atoms with Crippen molar-refractivity contribution in [2.24, 2.45) is 5.73 Å². The van der Waals surface area contributed by atoms with Crippen molar-refractivity contribution in [2.75, 3.05) is 0 Å². The van der Waals surface area contributed by atoms with Crippen LogP contribution in [0.1, 0.15) is 42.1 Å². The average molecular weight is 237 g/mol. The van der Waals surface area contributed by atoms with Gasteiger partial charge in [-0.05, 0) is 29.6 Å². The van der Waals surface area contributed by atoms with Crippen molar-refractivity contribution in [2.45, 2.75) is 32.2 Å². The molecule has 0 aliphatic heterocycles. The van der Waals surface area contributed by atoms with Crippen LogP contribution in [0.4, 0.5) is 0 Å². The van der Waals surface area contributed by atoms with E-state index in [9.17, 15) is 0 Å². The van der Waals surface area contributed by atoms with Gasteiger partial charge in [-0.2, -0.15) is 0 Å². The molecule has 0 saturated carbocycles. The summed E-state index contributed by atoms with van der Waals surface area (Å²) in [5.41, 5.74) is 7.14. The molecule has 0 bridgehead atoms. The van der Waals surface area contributed by atoms with Crippen LogP contribution in [0.25, 0.3) is 0 Å². The van der Waals surface area contributed by atoms with Gasteiger partial charge in [0.05, 0.1) is 16.8 Å². The molecule has 2 aromatic rings. The van der Waals surface area contributed by atoms with Gasteiger partial charge in [-0.1, -0.05) is 18.3 Å². The predicted octanol–water partition coefficient (Wildman–Crippen LogP) is 2.50. The molecule has 2 aromatic heterocycles. The highest BCUT2D eigenvalue weighted by molar-refractivity contribution is 7.05. The highest BCUT2D eigenvalue weighted by Crippen LogP contribution is 2.26. The Morgan fingerprint density at radius 2 is 2.31 bits per heavy atom. The molecule has 1 unspecified atom stereocenters. The van der Waals surface area contributed by atoms with Crippen molar-refractivity contribution < 1.29 is 4.42 Å². The van der Waals surface area contributed by atoms with Crippen molar-refractivity contribution in [3.63, 3.8) is 0 Å². The SMILES string of the molecule is CC(C)c1nnsc1C(N)Cc1ccco1. The molecular weight excluding hydrogens is 222 g/mol. The maximum Gasteiger partial charge on any atom is 0.105 e. The molecule has 0 spiro atoms. The lowest BCUT2D eigenvalue weighted by Crippen LogP contribution is -2.14. The van der Waals surface area contributed by atoms with Gasteiger partial charge < -0.3 is 10.2 Å². The molecule has 0 fully saturated rings. The van der Waals surface area contributed by atoms with Crippen molar-refractivity contribution in [3.05, 3.63) is 34.7 Å². The molecule has 16 heavy (non-hydrogen) atoms. The van der Waals surface area contributed by atoms with Crippen molar-refractivity contribution in [3.8, 4) is 0 Å².